The van der Waals surface area contributed by atoms with Crippen LogP contribution in [0.2, 0.25) is 5.02 Å². The molecule has 0 unspecified atom stereocenters. The number of carbonyl (C=O) groups excluding carboxylic acids is 2. The summed E-state index contributed by atoms with van der Waals surface area (Å²) in [5.41, 5.74) is 2.18. The summed E-state index contributed by atoms with van der Waals surface area (Å²) in [6.07, 6.45) is -0.281. The number of hydrogen-bond acceptors (Lipinski definition) is 4. The molecule has 128 valence electrons. The number of aliphatic carboxylic acids is 1. The minimum atomic E-state index is -1.20. The van der Waals surface area contributed by atoms with Crippen molar-refractivity contribution in [1.82, 2.24) is 4.57 Å². The Bertz CT molecular complexity index is 979. The van der Waals surface area contributed by atoms with Crippen LogP contribution >= 0.6 is 11.6 Å². The van der Waals surface area contributed by atoms with Crippen LogP contribution in [0, 0.1) is 6.92 Å². The molecule has 1 aromatic heterocycles. The molecular weight excluding hydrogens is 365 g/mol. The Hall–Kier alpha value is -1.79. The van der Waals surface area contributed by atoms with Gasteiger partial charge < -0.3 is 14.6 Å². The van der Waals surface area contributed by atoms with E-state index in [1.165, 1.54) is 11.7 Å². The molecule has 0 fully saturated rings. The summed E-state index contributed by atoms with van der Waals surface area (Å²) in [6, 6.07) is 11.8. The van der Waals surface area contributed by atoms with Crippen LogP contribution in [0.3, 0.4) is 0 Å². The Balaban J connectivity index is 0.00000243. The predicted molar refractivity (Wildman–Crippen MR) is 93.1 cm³/mol. The Morgan fingerprint density at radius 2 is 1.81 bits per heavy atom. The number of fused-ring (bicyclic) bond motifs is 1. The zero-order valence-electron chi connectivity index (χ0n) is 14.7. The summed E-state index contributed by atoms with van der Waals surface area (Å²) in [4.78, 5) is 24.1. The van der Waals surface area contributed by atoms with Gasteiger partial charge in [-0.1, -0.05) is 11.6 Å². The van der Waals surface area contributed by atoms with E-state index < -0.39 is 5.97 Å². The standard InChI is InChI=1S/C19H16ClNO4.Na/c1-11-15(10-18(22)23)16-9-14(25-2)7-8-17(16)21(11)19(24)12-3-5-13(20)6-4-12;/h3-9H,10H2,1-2H3,(H,22,23);/q;+1/p-1. The van der Waals surface area contributed by atoms with E-state index in [4.69, 9.17) is 16.3 Å². The van der Waals surface area contributed by atoms with E-state index in [9.17, 15) is 14.7 Å². The van der Waals surface area contributed by atoms with Crippen LogP contribution in [0.4, 0.5) is 0 Å². The molecule has 0 aliphatic rings. The number of rotatable bonds is 4. The van der Waals surface area contributed by atoms with Crippen molar-refractivity contribution in [3.05, 3.63) is 64.3 Å². The van der Waals surface area contributed by atoms with E-state index in [1.54, 1.807) is 49.4 Å². The average molecular weight is 380 g/mol. The van der Waals surface area contributed by atoms with Crippen LogP contribution in [0.5, 0.6) is 5.75 Å². The molecule has 0 aliphatic heterocycles. The van der Waals surface area contributed by atoms with Gasteiger partial charge in [-0.15, -0.1) is 0 Å². The van der Waals surface area contributed by atoms with Crippen molar-refractivity contribution in [3.8, 4) is 5.75 Å². The van der Waals surface area contributed by atoms with Crippen LogP contribution in [0.25, 0.3) is 10.9 Å². The van der Waals surface area contributed by atoms with Crippen LogP contribution in [0.1, 0.15) is 21.6 Å². The third-order valence-electron chi connectivity index (χ3n) is 4.16. The molecule has 0 amide bonds. The fraction of sp³-hybridized carbons (Fsp3) is 0.158. The number of ether oxygens (including phenoxy) is 1. The maximum absolute atomic E-state index is 13.0. The first-order chi connectivity index (χ1) is 11.9. The SMILES string of the molecule is COc1ccc2c(c1)c(CC(=O)[O-])c(C)n2C(=O)c1ccc(Cl)cc1.[Na+]. The monoisotopic (exact) mass is 379 g/mol. The molecule has 5 nitrogen and oxygen atoms in total. The van der Waals surface area contributed by atoms with Crippen molar-refractivity contribution >= 4 is 34.4 Å². The van der Waals surface area contributed by atoms with Crippen LogP contribution in [-0.4, -0.2) is 23.6 Å². The third-order valence-corrected chi connectivity index (χ3v) is 4.41. The molecule has 7 heteroatoms. The third kappa shape index (κ3) is 3.81. The second-order valence-electron chi connectivity index (χ2n) is 5.64. The zero-order chi connectivity index (χ0) is 18.1. The van der Waals surface area contributed by atoms with E-state index in [2.05, 4.69) is 0 Å². The molecule has 0 spiro atoms. The molecule has 26 heavy (non-hydrogen) atoms. The molecule has 1 heterocycles. The fourth-order valence-electron chi connectivity index (χ4n) is 2.94. The normalized spacial score (nSPS) is 10.4. The van der Waals surface area contributed by atoms with Gasteiger partial charge in [-0.2, -0.15) is 0 Å². The summed E-state index contributed by atoms with van der Waals surface area (Å²) in [5, 5.41) is 12.3. The molecule has 0 bridgehead atoms. The average Bonchev–Trinajstić information content (AvgIpc) is 2.86. The van der Waals surface area contributed by atoms with Gasteiger partial charge >= 0.3 is 29.6 Å². The Morgan fingerprint density at radius 3 is 2.38 bits per heavy atom. The van der Waals surface area contributed by atoms with Gasteiger partial charge in [0.15, 0.2) is 0 Å². The van der Waals surface area contributed by atoms with Crippen molar-refractivity contribution in [2.45, 2.75) is 13.3 Å². The Kier molecular flexibility index (Phi) is 6.53. The number of methoxy groups -OCH3 is 1. The first-order valence-electron chi connectivity index (χ1n) is 7.60. The number of carbonyl (C=O) groups is 2. The molecule has 0 aliphatic carbocycles. The van der Waals surface area contributed by atoms with Gasteiger partial charge in [-0.05, 0) is 55.0 Å². The number of halogens is 1. The minimum absolute atomic E-state index is 0. The van der Waals surface area contributed by atoms with Crippen molar-refractivity contribution in [3.63, 3.8) is 0 Å². The Morgan fingerprint density at radius 1 is 1.15 bits per heavy atom. The van der Waals surface area contributed by atoms with Crippen molar-refractivity contribution < 1.29 is 49.0 Å². The minimum Gasteiger partial charge on any atom is -0.550 e. The number of carboxylic acids is 1. The molecule has 0 radical (unpaired) electrons. The number of aromatic nitrogens is 1. The maximum Gasteiger partial charge on any atom is 1.00 e. The largest absolute Gasteiger partial charge is 1.00 e. The van der Waals surface area contributed by atoms with E-state index >= 15 is 0 Å². The first kappa shape index (κ1) is 20.5. The second-order valence-corrected chi connectivity index (χ2v) is 6.08. The second kappa shape index (κ2) is 8.27. The van der Waals surface area contributed by atoms with Gasteiger partial charge in [0.2, 0.25) is 0 Å². The van der Waals surface area contributed by atoms with E-state index in [1.807, 2.05) is 0 Å². The van der Waals surface area contributed by atoms with E-state index in [-0.39, 0.29) is 41.9 Å². The summed E-state index contributed by atoms with van der Waals surface area (Å²) in [5.74, 6) is -0.874. The topological polar surface area (TPSA) is 71.4 Å². The molecular formula is C19H15ClNNaO4. The summed E-state index contributed by atoms with van der Waals surface area (Å²) in [7, 11) is 1.53. The number of benzene rings is 2. The van der Waals surface area contributed by atoms with E-state index in [0.717, 1.165) is 0 Å². The quantitative estimate of drug-likeness (QED) is 0.578. The van der Waals surface area contributed by atoms with E-state index in [0.29, 0.717) is 38.5 Å². The van der Waals surface area contributed by atoms with Gasteiger partial charge in [0.1, 0.15) is 5.75 Å². The van der Waals surface area contributed by atoms with Crippen LogP contribution < -0.4 is 39.4 Å². The molecule has 3 rings (SSSR count). The van der Waals surface area contributed by atoms with Crippen molar-refractivity contribution in [2.75, 3.05) is 7.11 Å². The maximum atomic E-state index is 13.0. The molecule has 0 saturated carbocycles. The predicted octanol–water partition coefficient (Wildman–Crippen LogP) is -0.403. The molecule has 0 atom stereocenters. The van der Waals surface area contributed by atoms with Crippen molar-refractivity contribution in [1.29, 1.82) is 0 Å². The smallest absolute Gasteiger partial charge is 0.550 e. The van der Waals surface area contributed by atoms with Gasteiger partial charge in [0, 0.05) is 34.1 Å². The zero-order valence-corrected chi connectivity index (χ0v) is 17.5. The van der Waals surface area contributed by atoms with Gasteiger partial charge in [-0.3, -0.25) is 9.36 Å². The Labute approximate surface area is 177 Å². The molecule has 3 aromatic rings. The summed E-state index contributed by atoms with van der Waals surface area (Å²) < 4.78 is 6.73. The van der Waals surface area contributed by atoms with Crippen LogP contribution in [0.15, 0.2) is 42.5 Å². The van der Waals surface area contributed by atoms with Crippen LogP contribution in [-0.2, 0) is 11.2 Å². The first-order valence-corrected chi connectivity index (χ1v) is 7.98. The molecule has 0 saturated heterocycles. The summed E-state index contributed by atoms with van der Waals surface area (Å²) >= 11 is 5.88. The van der Waals surface area contributed by atoms with Crippen molar-refractivity contribution in [2.24, 2.45) is 0 Å². The molecule has 2 aromatic carbocycles. The molecule has 0 N–H and O–H groups in total. The van der Waals surface area contributed by atoms with Gasteiger partial charge in [0.25, 0.3) is 5.91 Å². The van der Waals surface area contributed by atoms with Gasteiger partial charge in [-0.25, -0.2) is 0 Å². The number of hydrogen-bond donors (Lipinski definition) is 0. The fourth-order valence-corrected chi connectivity index (χ4v) is 3.07. The summed E-state index contributed by atoms with van der Waals surface area (Å²) in [6.45, 7) is 1.72. The van der Waals surface area contributed by atoms with Gasteiger partial charge in [0.05, 0.1) is 12.6 Å². The number of carboxylic acid groups (broad SMARTS) is 1. The number of nitrogens with zero attached hydrogens (tertiary/aromatic N) is 1.